The fourth-order valence-corrected chi connectivity index (χ4v) is 9.63. The Hall–Kier alpha value is -6.12. The van der Waals surface area contributed by atoms with Gasteiger partial charge >= 0.3 is 26.8 Å². The second-order valence-electron chi connectivity index (χ2n) is 13.6. The van der Waals surface area contributed by atoms with Crippen molar-refractivity contribution in [2.75, 3.05) is 48.4 Å². The molecule has 0 aliphatic rings. The molecule has 0 saturated carbocycles. The Balaban J connectivity index is 1.89. The molecule has 0 bridgehead atoms. The quantitative estimate of drug-likeness (QED) is 0.0193. The summed E-state index contributed by atoms with van der Waals surface area (Å²) in [6.45, 7) is -0.804. The highest BCUT2D eigenvalue weighted by molar-refractivity contribution is 8.28. The number of nitrogen functional groups attached to an aromatic ring is 2. The number of sulfone groups is 2. The summed E-state index contributed by atoms with van der Waals surface area (Å²) in [6.07, 6.45) is 0.895. The molecule has 0 spiro atoms. The average Bonchev–Trinajstić information content (AvgIpc) is 3.21. The number of nitrogens with two attached hydrogens (primary N) is 2. The van der Waals surface area contributed by atoms with Crippen LogP contribution in [-0.2, 0) is 68.3 Å². The molecule has 370 valence electrons. The Labute approximate surface area is 386 Å². The Morgan fingerprint density at radius 2 is 1.07 bits per heavy atom. The summed E-state index contributed by atoms with van der Waals surface area (Å²) in [5, 5.41) is 50.7. The van der Waals surface area contributed by atoms with Crippen LogP contribution in [0.2, 0.25) is 0 Å². The summed E-state index contributed by atoms with van der Waals surface area (Å²) in [7, 11) is -28.3. The lowest BCUT2D eigenvalue weighted by Crippen LogP contribution is -2.47. The third-order valence-electron chi connectivity index (χ3n) is 8.65. The van der Waals surface area contributed by atoms with Gasteiger partial charge in [0.15, 0.2) is 25.4 Å². The number of azo groups is 3. The maximum absolute atomic E-state index is 13.4. The van der Waals surface area contributed by atoms with Crippen molar-refractivity contribution >= 4 is 116 Å². The summed E-state index contributed by atoms with van der Waals surface area (Å²) in [5.41, 5.74) is 7.09. The SMILES string of the molecule is CC(=N)S(C)(=O)(CO)Oc1ccc(N=Nc2c(N)c(N=Nc3ccc(S(=O)(=O)CCOS(=O)(=O)O)cc3)c(N)c(N=Nc3ccc(S(=O)(=O)CCOS(=O)(=O)O)cc3)c2C(=O)O)c(S(=O)(=O)O)c1. The van der Waals surface area contributed by atoms with Crippen molar-refractivity contribution in [2.24, 2.45) is 30.7 Å². The van der Waals surface area contributed by atoms with Gasteiger partial charge in [0.2, 0.25) is 0 Å². The minimum Gasteiger partial charge on any atom is -0.478 e. The zero-order valence-electron chi connectivity index (χ0n) is 34.5. The van der Waals surface area contributed by atoms with E-state index in [1.165, 1.54) is 0 Å². The molecule has 29 nitrogen and oxygen atoms in total. The van der Waals surface area contributed by atoms with Crippen molar-refractivity contribution < 1.29 is 87.5 Å². The van der Waals surface area contributed by atoms with Crippen LogP contribution in [0.15, 0.2) is 112 Å². The fraction of sp³-hybridized carbons (Fsp3) is 0.212. The standard InChI is InChI=1S/C33H37N9O20S6/c1-19(34)68(2,59,18-43)62-22-7-12-25(26(17-22)65(50,51)52)39-41-31-27(33(44)45)30(40-37-20-3-8-23(9-4-20)63(46,47)15-13-60-66(53,54)55)28(35)32(29(31)36)42-38-21-5-10-24(11-6-21)64(48,49)16-14-61-67(56,57)58/h3-12,17,34,43H,13-16,18,35-36H2,1-2H3,(H,44,45)(H,50,51,52)(H,53,54,55)(H,56,57,58). The number of anilines is 2. The predicted molar refractivity (Wildman–Crippen MR) is 238 cm³/mol. The van der Waals surface area contributed by atoms with E-state index in [9.17, 15) is 65.9 Å². The Morgan fingerprint density at radius 1 is 0.662 bits per heavy atom. The third kappa shape index (κ3) is 14.0. The summed E-state index contributed by atoms with van der Waals surface area (Å²) < 4.78 is 173. The van der Waals surface area contributed by atoms with Crippen LogP contribution in [-0.4, -0.2) is 118 Å². The Bertz CT molecular complexity index is 3400. The Morgan fingerprint density at radius 3 is 1.44 bits per heavy atom. The molecule has 68 heavy (non-hydrogen) atoms. The fourth-order valence-electron chi connectivity index (χ4n) is 5.04. The zero-order valence-corrected chi connectivity index (χ0v) is 39.4. The lowest BCUT2D eigenvalue weighted by molar-refractivity contribution is 0.0698. The van der Waals surface area contributed by atoms with Crippen LogP contribution in [0.3, 0.4) is 0 Å². The number of rotatable bonds is 21. The summed E-state index contributed by atoms with van der Waals surface area (Å²) >= 11 is 0. The second kappa shape index (κ2) is 20.2. The molecule has 35 heteroatoms. The van der Waals surface area contributed by atoms with E-state index in [0.717, 1.165) is 73.8 Å². The van der Waals surface area contributed by atoms with Gasteiger partial charge in [-0.05, 0) is 67.6 Å². The molecule has 4 aromatic carbocycles. The van der Waals surface area contributed by atoms with E-state index in [1.807, 2.05) is 0 Å². The minimum atomic E-state index is -5.28. The van der Waals surface area contributed by atoms with Crippen LogP contribution in [0.1, 0.15) is 17.3 Å². The van der Waals surface area contributed by atoms with Gasteiger partial charge in [-0.15, -0.1) is 20.5 Å². The zero-order chi connectivity index (χ0) is 51.3. The van der Waals surface area contributed by atoms with Gasteiger partial charge in [-0.25, -0.2) is 30.0 Å². The molecule has 0 radical (unpaired) electrons. The smallest absolute Gasteiger partial charge is 0.397 e. The van der Waals surface area contributed by atoms with Crippen molar-refractivity contribution in [3.8, 4) is 5.75 Å². The van der Waals surface area contributed by atoms with Crippen LogP contribution < -0.4 is 15.7 Å². The van der Waals surface area contributed by atoms with E-state index in [0.29, 0.717) is 6.07 Å². The molecule has 0 amide bonds. The minimum absolute atomic E-state index is 0.108. The van der Waals surface area contributed by atoms with Gasteiger partial charge in [0.25, 0.3) is 10.1 Å². The second-order valence-corrected chi connectivity index (χ2v) is 25.3. The molecule has 0 aliphatic carbocycles. The van der Waals surface area contributed by atoms with Gasteiger partial charge in [0.05, 0.1) is 57.3 Å². The molecular formula is C33H37N9O20S6. The first-order valence-electron chi connectivity index (χ1n) is 17.9. The van der Waals surface area contributed by atoms with Crippen LogP contribution in [0.5, 0.6) is 5.75 Å². The number of aliphatic hydroxyl groups excluding tert-OH is 1. The van der Waals surface area contributed by atoms with Gasteiger partial charge < -0.3 is 25.9 Å². The van der Waals surface area contributed by atoms with Crippen LogP contribution in [0.4, 0.5) is 45.5 Å². The first-order valence-corrected chi connectivity index (χ1v) is 27.8. The van der Waals surface area contributed by atoms with Gasteiger partial charge in [0, 0.05) is 12.3 Å². The van der Waals surface area contributed by atoms with E-state index < -0.39 is 152 Å². The van der Waals surface area contributed by atoms with Crippen molar-refractivity contribution in [2.45, 2.75) is 21.6 Å². The van der Waals surface area contributed by atoms with Crippen molar-refractivity contribution in [3.05, 3.63) is 72.3 Å². The first-order chi connectivity index (χ1) is 31.2. The van der Waals surface area contributed by atoms with Crippen molar-refractivity contribution in [1.29, 1.82) is 5.41 Å². The van der Waals surface area contributed by atoms with Crippen molar-refractivity contribution in [1.82, 2.24) is 0 Å². The number of hydrogen-bond acceptors (Lipinski definition) is 25. The monoisotopic (exact) mass is 1070 g/mol. The topological polar surface area (TPSA) is 484 Å². The van der Waals surface area contributed by atoms with Gasteiger partial charge in [-0.3, -0.25) is 19.1 Å². The Kier molecular flexibility index (Phi) is 16.2. The van der Waals surface area contributed by atoms with Crippen LogP contribution in [0, 0.1) is 5.41 Å². The van der Waals surface area contributed by atoms with Gasteiger partial charge in [0.1, 0.15) is 44.2 Å². The van der Waals surface area contributed by atoms with E-state index in [2.05, 4.69) is 39.1 Å². The summed E-state index contributed by atoms with van der Waals surface area (Å²) in [5.74, 6) is -5.37. The lowest BCUT2D eigenvalue weighted by Gasteiger charge is -2.41. The normalized spacial score (nSPS) is 13.8. The molecule has 0 aromatic heterocycles. The van der Waals surface area contributed by atoms with E-state index >= 15 is 0 Å². The molecule has 4 aromatic rings. The van der Waals surface area contributed by atoms with E-state index in [4.69, 9.17) is 30.2 Å². The largest absolute Gasteiger partial charge is 0.478 e. The highest BCUT2D eigenvalue weighted by Crippen LogP contribution is 2.49. The molecule has 0 fully saturated rings. The van der Waals surface area contributed by atoms with Crippen LogP contribution in [0.25, 0.3) is 0 Å². The maximum atomic E-state index is 13.4. The number of benzene rings is 4. The summed E-state index contributed by atoms with van der Waals surface area (Å²) in [4.78, 5) is 11.1. The number of aromatic carboxylic acids is 1. The number of aliphatic hydroxyl groups is 1. The first kappa shape index (κ1) is 54.5. The third-order valence-corrected chi connectivity index (χ3v) is 16.6. The molecule has 4 rings (SSSR count). The number of carbonyl (C=O) groups is 1. The average molecular weight is 1070 g/mol. The van der Waals surface area contributed by atoms with Gasteiger partial charge in [-0.2, -0.15) is 39.7 Å². The lowest BCUT2D eigenvalue weighted by atomic mass is 10.1. The molecule has 0 aliphatic heterocycles. The molecule has 10 N–H and O–H groups in total. The van der Waals surface area contributed by atoms with Crippen molar-refractivity contribution in [3.63, 3.8) is 0 Å². The molecule has 0 heterocycles. The molecule has 0 atom stereocenters. The number of nitrogens with one attached hydrogen (secondary N) is 1. The number of nitrogens with zero attached hydrogens (tertiary/aromatic N) is 6. The highest BCUT2D eigenvalue weighted by atomic mass is 32.3. The molecule has 0 unspecified atom stereocenters. The molecular weight excluding hydrogens is 1030 g/mol. The number of hydrogen-bond donors (Lipinski definition) is 8. The highest BCUT2D eigenvalue weighted by Gasteiger charge is 2.31. The van der Waals surface area contributed by atoms with Gasteiger partial charge in [-0.1, -0.05) is 9.35 Å². The van der Waals surface area contributed by atoms with E-state index in [1.54, 1.807) is 0 Å². The summed E-state index contributed by atoms with van der Waals surface area (Å²) in [6, 6.07) is 10.8. The van der Waals surface area contributed by atoms with Crippen LogP contribution >= 0.6 is 0 Å². The number of carboxylic acids is 1. The predicted octanol–water partition coefficient (Wildman–Crippen LogP) is 3.92. The maximum Gasteiger partial charge on any atom is 0.397 e. The van der Waals surface area contributed by atoms with E-state index in [-0.39, 0.29) is 21.2 Å². The number of carboxylic acid groups (broad SMARTS) is 1. The molecule has 0 saturated heterocycles.